The lowest BCUT2D eigenvalue weighted by molar-refractivity contribution is 0.115. The van der Waals surface area contributed by atoms with Crippen LogP contribution in [0.5, 0.6) is 0 Å². The molecule has 1 saturated heterocycles. The van der Waals surface area contributed by atoms with Crippen LogP contribution in [0.3, 0.4) is 0 Å². The van der Waals surface area contributed by atoms with Crippen LogP contribution in [0.1, 0.15) is 23.6 Å². The molecule has 2 atom stereocenters. The Kier molecular flexibility index (Phi) is 3.62. The van der Waals surface area contributed by atoms with Crippen molar-refractivity contribution in [1.82, 2.24) is 9.47 Å². The maximum absolute atomic E-state index is 12.3. The molecule has 7 rings (SSSR count). The lowest BCUT2D eigenvalue weighted by Crippen LogP contribution is -2.46. The summed E-state index contributed by atoms with van der Waals surface area (Å²) >= 11 is 0. The van der Waals surface area contributed by atoms with E-state index in [1.54, 1.807) is 6.07 Å². The smallest absolute Gasteiger partial charge is 0.250 e. The van der Waals surface area contributed by atoms with Gasteiger partial charge in [-0.1, -0.05) is 60.7 Å². The van der Waals surface area contributed by atoms with Crippen LogP contribution in [-0.2, 0) is 13.1 Å². The van der Waals surface area contributed by atoms with Gasteiger partial charge < -0.3 is 4.57 Å². The van der Waals surface area contributed by atoms with E-state index in [1.807, 2.05) is 10.6 Å². The highest BCUT2D eigenvalue weighted by atomic mass is 16.1. The van der Waals surface area contributed by atoms with Gasteiger partial charge in [0.2, 0.25) is 0 Å². The summed E-state index contributed by atoms with van der Waals surface area (Å²) in [6.07, 6.45) is 1.21. The molecule has 3 heteroatoms. The molecule has 2 aliphatic rings. The van der Waals surface area contributed by atoms with Crippen LogP contribution in [0.25, 0.3) is 32.3 Å². The lowest BCUT2D eigenvalue weighted by Gasteiger charge is -2.43. The van der Waals surface area contributed by atoms with Gasteiger partial charge in [0, 0.05) is 43.9 Å². The SMILES string of the molecule is O=c1cccc2n1C[C@H]1C[C@@H]2CN(Cc2ccc3ccc4cccc5ccc2c3c45)C1. The number of pyridine rings is 1. The number of hydrogen-bond acceptors (Lipinski definition) is 2. The van der Waals surface area contributed by atoms with Crippen LogP contribution in [0, 0.1) is 5.92 Å². The summed E-state index contributed by atoms with van der Waals surface area (Å²) in [5, 5.41) is 8.15. The Hall–Kier alpha value is -3.17. The van der Waals surface area contributed by atoms with Crippen LogP contribution in [0.4, 0.5) is 0 Å². The van der Waals surface area contributed by atoms with Crippen molar-refractivity contribution in [2.75, 3.05) is 13.1 Å². The van der Waals surface area contributed by atoms with Gasteiger partial charge in [-0.3, -0.25) is 9.69 Å². The maximum Gasteiger partial charge on any atom is 0.250 e. The Morgan fingerprint density at radius 2 is 1.48 bits per heavy atom. The Bertz CT molecular complexity index is 1500. The van der Waals surface area contributed by atoms with Gasteiger partial charge in [-0.15, -0.1) is 0 Å². The second-order valence-electron chi connectivity index (χ2n) is 9.47. The predicted octanol–water partition coefficient (Wildman–Crippen LogP) is 5.37. The number of benzene rings is 4. The second-order valence-corrected chi connectivity index (χ2v) is 9.47. The van der Waals surface area contributed by atoms with Gasteiger partial charge in [-0.05, 0) is 56.3 Å². The minimum atomic E-state index is 0.160. The Morgan fingerprint density at radius 1 is 0.742 bits per heavy atom. The number of fused-ring (bicyclic) bond motifs is 4. The molecule has 3 nitrogen and oxygen atoms in total. The summed E-state index contributed by atoms with van der Waals surface area (Å²) in [6.45, 7) is 3.93. The van der Waals surface area contributed by atoms with Crippen LogP contribution >= 0.6 is 0 Å². The monoisotopic (exact) mass is 404 g/mol. The molecule has 2 aliphatic heterocycles. The van der Waals surface area contributed by atoms with E-state index >= 15 is 0 Å². The minimum Gasteiger partial charge on any atom is -0.312 e. The molecule has 4 aromatic carbocycles. The number of rotatable bonds is 2. The highest BCUT2D eigenvalue weighted by molar-refractivity contribution is 6.23. The van der Waals surface area contributed by atoms with Crippen molar-refractivity contribution < 1.29 is 0 Å². The molecule has 0 aliphatic carbocycles. The molecule has 0 unspecified atom stereocenters. The first-order valence-corrected chi connectivity index (χ1v) is 11.3. The molecule has 0 spiro atoms. The average Bonchev–Trinajstić information content (AvgIpc) is 2.79. The van der Waals surface area contributed by atoms with E-state index in [1.165, 1.54) is 50.0 Å². The third kappa shape index (κ3) is 2.60. The van der Waals surface area contributed by atoms with Crippen molar-refractivity contribution in [1.29, 1.82) is 0 Å². The molecule has 1 fully saturated rings. The molecule has 0 saturated carbocycles. The third-order valence-electron chi connectivity index (χ3n) is 7.57. The van der Waals surface area contributed by atoms with Crippen molar-refractivity contribution in [3.63, 3.8) is 0 Å². The highest BCUT2D eigenvalue weighted by Crippen LogP contribution is 2.38. The topological polar surface area (TPSA) is 25.2 Å². The molecule has 3 heterocycles. The fourth-order valence-electron chi connectivity index (χ4n) is 6.30. The molecular formula is C28H24N2O. The molecular weight excluding hydrogens is 380 g/mol. The van der Waals surface area contributed by atoms with E-state index in [0.717, 1.165) is 26.2 Å². The largest absolute Gasteiger partial charge is 0.312 e. The Labute approximate surface area is 180 Å². The fourth-order valence-corrected chi connectivity index (χ4v) is 6.30. The summed E-state index contributed by atoms with van der Waals surface area (Å²) in [5.74, 6) is 1.02. The summed E-state index contributed by atoms with van der Waals surface area (Å²) in [4.78, 5) is 14.9. The van der Waals surface area contributed by atoms with Crippen molar-refractivity contribution in [2.24, 2.45) is 5.92 Å². The average molecular weight is 405 g/mol. The molecule has 1 aromatic heterocycles. The number of aromatic nitrogens is 1. The minimum absolute atomic E-state index is 0.160. The number of nitrogens with zero attached hydrogens (tertiary/aromatic N) is 2. The van der Waals surface area contributed by atoms with Gasteiger partial charge in [0.05, 0.1) is 0 Å². The van der Waals surface area contributed by atoms with E-state index in [2.05, 4.69) is 65.6 Å². The zero-order valence-electron chi connectivity index (χ0n) is 17.4. The van der Waals surface area contributed by atoms with Gasteiger partial charge in [0.25, 0.3) is 5.56 Å². The van der Waals surface area contributed by atoms with E-state index < -0.39 is 0 Å². The fraction of sp³-hybridized carbons (Fsp3) is 0.250. The van der Waals surface area contributed by atoms with Crippen molar-refractivity contribution in [2.45, 2.75) is 25.4 Å². The van der Waals surface area contributed by atoms with Crippen molar-refractivity contribution >= 4 is 32.3 Å². The second kappa shape index (κ2) is 6.41. The van der Waals surface area contributed by atoms with E-state index in [-0.39, 0.29) is 5.56 Å². The van der Waals surface area contributed by atoms with Gasteiger partial charge in [-0.2, -0.15) is 0 Å². The number of hydrogen-bond donors (Lipinski definition) is 0. The van der Waals surface area contributed by atoms with Crippen LogP contribution in [0.2, 0.25) is 0 Å². The molecule has 2 bridgehead atoms. The highest BCUT2D eigenvalue weighted by Gasteiger charge is 2.34. The van der Waals surface area contributed by atoms with Crippen LogP contribution < -0.4 is 5.56 Å². The molecule has 5 aromatic rings. The van der Waals surface area contributed by atoms with Gasteiger partial charge >= 0.3 is 0 Å². The van der Waals surface area contributed by atoms with Crippen molar-refractivity contribution in [3.8, 4) is 0 Å². The van der Waals surface area contributed by atoms with E-state index in [0.29, 0.717) is 11.8 Å². The molecule has 0 amide bonds. The normalized spacial score (nSPS) is 21.2. The predicted molar refractivity (Wildman–Crippen MR) is 127 cm³/mol. The molecule has 0 radical (unpaired) electrons. The van der Waals surface area contributed by atoms with Crippen LogP contribution in [0.15, 0.2) is 77.6 Å². The third-order valence-corrected chi connectivity index (χ3v) is 7.57. The molecule has 0 N–H and O–H groups in total. The summed E-state index contributed by atoms with van der Waals surface area (Å²) in [7, 11) is 0. The Morgan fingerprint density at radius 3 is 2.35 bits per heavy atom. The Balaban J connectivity index is 1.29. The quantitative estimate of drug-likeness (QED) is 0.370. The number of likely N-dealkylation sites (tertiary alicyclic amines) is 1. The summed E-state index contributed by atoms with van der Waals surface area (Å²) < 4.78 is 2.02. The van der Waals surface area contributed by atoms with Crippen molar-refractivity contribution in [3.05, 3.63) is 94.4 Å². The van der Waals surface area contributed by atoms with Gasteiger partial charge in [0.15, 0.2) is 0 Å². The standard InChI is InChI=1S/C28H24N2O/c31-26-6-2-5-25-23-13-18(15-30(25)26)14-29(17-23)16-22-10-9-21-8-7-19-3-1-4-20-11-12-24(22)28(21)27(19)20/h1-12,18,23H,13-17H2/t18-,23+/m0/s1. The zero-order valence-corrected chi connectivity index (χ0v) is 17.4. The zero-order chi connectivity index (χ0) is 20.5. The van der Waals surface area contributed by atoms with E-state index in [9.17, 15) is 4.79 Å². The molecule has 31 heavy (non-hydrogen) atoms. The number of piperidine rings is 1. The first-order chi connectivity index (χ1) is 15.2. The molecule has 152 valence electrons. The van der Waals surface area contributed by atoms with Gasteiger partial charge in [0.1, 0.15) is 0 Å². The maximum atomic E-state index is 12.3. The van der Waals surface area contributed by atoms with Gasteiger partial charge in [-0.25, -0.2) is 0 Å². The summed E-state index contributed by atoms with van der Waals surface area (Å²) in [6, 6.07) is 26.1. The first-order valence-electron chi connectivity index (χ1n) is 11.3. The summed E-state index contributed by atoms with van der Waals surface area (Å²) in [5.41, 5.74) is 2.80. The first kappa shape index (κ1) is 17.5. The van der Waals surface area contributed by atoms with E-state index in [4.69, 9.17) is 0 Å². The van der Waals surface area contributed by atoms with Crippen LogP contribution in [-0.4, -0.2) is 22.6 Å². The lowest BCUT2D eigenvalue weighted by atomic mass is 9.83.